The minimum absolute atomic E-state index is 0.102. The monoisotopic (exact) mass is 499 g/mol. The number of carbonyl (C=O) groups is 2. The number of hydrogen-bond acceptors (Lipinski definition) is 7. The number of rotatable bonds is 12. The molecule has 3 N–H and O–H groups in total. The molecule has 0 aliphatic carbocycles. The van der Waals surface area contributed by atoms with E-state index >= 15 is 0 Å². The van der Waals surface area contributed by atoms with E-state index in [-0.39, 0.29) is 24.8 Å². The van der Waals surface area contributed by atoms with Gasteiger partial charge in [-0.25, -0.2) is 0 Å². The van der Waals surface area contributed by atoms with E-state index in [4.69, 9.17) is 26.4 Å². The predicted octanol–water partition coefficient (Wildman–Crippen LogP) is 2.85. The number of aromatic amines is 1. The average Bonchev–Trinajstić information content (AvgIpc) is 3.25. The molecule has 0 saturated heterocycles. The minimum atomic E-state index is -0.209. The molecular formula is C24H29N5O5S. The summed E-state index contributed by atoms with van der Waals surface area (Å²) in [6.45, 7) is 2.96. The summed E-state index contributed by atoms with van der Waals surface area (Å²) in [5, 5.41) is 12.7. The Morgan fingerprint density at radius 3 is 2.49 bits per heavy atom. The largest absolute Gasteiger partial charge is 0.497 e. The van der Waals surface area contributed by atoms with Crippen LogP contribution in [0.3, 0.4) is 0 Å². The third-order valence-electron chi connectivity index (χ3n) is 5.12. The molecule has 0 unspecified atom stereocenters. The summed E-state index contributed by atoms with van der Waals surface area (Å²) in [6, 6.07) is 12.7. The fourth-order valence-corrected chi connectivity index (χ4v) is 3.54. The maximum Gasteiger partial charge on any atom is 0.257 e. The Hall–Kier alpha value is -3.86. The number of ether oxygens (including phenoxy) is 3. The summed E-state index contributed by atoms with van der Waals surface area (Å²) >= 11 is 5.34. The zero-order chi connectivity index (χ0) is 25.2. The van der Waals surface area contributed by atoms with Crippen molar-refractivity contribution in [2.24, 2.45) is 0 Å². The quantitative estimate of drug-likeness (QED) is 0.328. The van der Waals surface area contributed by atoms with E-state index in [2.05, 4.69) is 20.8 Å². The van der Waals surface area contributed by atoms with Crippen LogP contribution in [-0.4, -0.2) is 54.0 Å². The number of nitrogens with zero attached hydrogens (tertiary/aromatic N) is 2. The average molecular weight is 500 g/mol. The summed E-state index contributed by atoms with van der Waals surface area (Å²) in [6.07, 6.45) is 0.224. The topological polar surface area (TPSA) is 120 Å². The highest BCUT2D eigenvalue weighted by Gasteiger charge is 2.12. The first-order valence-corrected chi connectivity index (χ1v) is 11.5. The number of nitrogens with one attached hydrogen (secondary N) is 3. The lowest BCUT2D eigenvalue weighted by Gasteiger charge is -2.13. The second-order valence-corrected chi connectivity index (χ2v) is 7.87. The van der Waals surface area contributed by atoms with Crippen molar-refractivity contribution < 1.29 is 23.8 Å². The van der Waals surface area contributed by atoms with Crippen molar-refractivity contribution in [2.45, 2.75) is 26.4 Å². The van der Waals surface area contributed by atoms with Gasteiger partial charge in [-0.3, -0.25) is 19.3 Å². The van der Waals surface area contributed by atoms with Gasteiger partial charge in [0.25, 0.3) is 5.91 Å². The smallest absolute Gasteiger partial charge is 0.257 e. The van der Waals surface area contributed by atoms with Crippen LogP contribution in [0.15, 0.2) is 42.5 Å². The molecule has 3 rings (SSSR count). The Morgan fingerprint density at radius 2 is 1.80 bits per heavy atom. The number of carbonyl (C=O) groups excluding carboxylic acids is 2. The second-order valence-electron chi connectivity index (χ2n) is 7.49. The Balaban J connectivity index is 1.56. The molecule has 35 heavy (non-hydrogen) atoms. The number of benzene rings is 2. The van der Waals surface area contributed by atoms with Crippen molar-refractivity contribution in [1.82, 2.24) is 25.4 Å². The summed E-state index contributed by atoms with van der Waals surface area (Å²) < 4.78 is 18.3. The molecule has 1 heterocycles. The molecule has 10 nitrogen and oxygen atoms in total. The lowest BCUT2D eigenvalue weighted by molar-refractivity contribution is -0.123. The maximum absolute atomic E-state index is 12.5. The number of methoxy groups -OCH3 is 2. The van der Waals surface area contributed by atoms with Crippen LogP contribution in [-0.2, 0) is 22.7 Å². The fraction of sp³-hybridized carbons (Fsp3) is 0.333. The first-order valence-electron chi connectivity index (χ1n) is 11.1. The van der Waals surface area contributed by atoms with Crippen LogP contribution in [0.2, 0.25) is 0 Å². The van der Waals surface area contributed by atoms with Crippen molar-refractivity contribution in [2.75, 3.05) is 27.4 Å². The van der Waals surface area contributed by atoms with E-state index in [1.54, 1.807) is 23.8 Å². The van der Waals surface area contributed by atoms with Gasteiger partial charge < -0.3 is 24.8 Å². The first kappa shape index (κ1) is 25.8. The molecule has 0 aliphatic rings. The van der Waals surface area contributed by atoms with Crippen LogP contribution in [0, 0.1) is 4.77 Å². The molecule has 3 aromatic rings. The van der Waals surface area contributed by atoms with Crippen LogP contribution < -0.4 is 24.8 Å². The highest BCUT2D eigenvalue weighted by Crippen LogP contribution is 2.28. The van der Waals surface area contributed by atoms with E-state index in [0.717, 1.165) is 16.9 Å². The van der Waals surface area contributed by atoms with E-state index in [1.165, 1.54) is 7.11 Å². The number of hydrogen-bond donors (Lipinski definition) is 3. The van der Waals surface area contributed by atoms with Crippen LogP contribution in [0.1, 0.15) is 18.9 Å². The third kappa shape index (κ3) is 7.06. The van der Waals surface area contributed by atoms with Crippen LogP contribution in [0.5, 0.6) is 17.2 Å². The normalized spacial score (nSPS) is 10.5. The molecule has 11 heteroatoms. The number of likely N-dealkylation sites (N-methyl/N-ethyl adjacent to an activating group) is 1. The highest BCUT2D eigenvalue weighted by atomic mass is 32.1. The van der Waals surface area contributed by atoms with Gasteiger partial charge in [0.1, 0.15) is 5.75 Å². The van der Waals surface area contributed by atoms with Gasteiger partial charge in [-0.05, 0) is 61.1 Å². The van der Waals surface area contributed by atoms with Gasteiger partial charge in [0, 0.05) is 31.6 Å². The van der Waals surface area contributed by atoms with Crippen molar-refractivity contribution in [3.63, 3.8) is 0 Å². The standard InChI is InChI=1S/C24H29N5O5S/c1-4-25-22(31)15-34-19-10-5-16(13-20(19)33-3)14-26-21(30)11-12-29-23(27-28-24(29)35)17-6-8-18(32-2)9-7-17/h5-10,13H,4,11-12,14-15H2,1-3H3,(H,25,31)(H,26,30)(H,28,35). The molecule has 0 spiro atoms. The van der Waals surface area contributed by atoms with Gasteiger partial charge in [-0.15, -0.1) is 0 Å². The molecular weight excluding hydrogens is 470 g/mol. The molecule has 0 aliphatic heterocycles. The zero-order valence-electron chi connectivity index (χ0n) is 19.9. The Morgan fingerprint density at radius 1 is 1.03 bits per heavy atom. The van der Waals surface area contributed by atoms with Gasteiger partial charge in [-0.2, -0.15) is 5.10 Å². The molecule has 0 radical (unpaired) electrons. The molecule has 186 valence electrons. The van der Waals surface area contributed by atoms with Gasteiger partial charge in [0.05, 0.1) is 14.2 Å². The fourth-order valence-electron chi connectivity index (χ4n) is 3.32. The maximum atomic E-state index is 12.5. The summed E-state index contributed by atoms with van der Waals surface area (Å²) in [5.74, 6) is 1.98. The van der Waals surface area contributed by atoms with E-state index in [9.17, 15) is 9.59 Å². The second kappa shape index (κ2) is 12.6. The highest BCUT2D eigenvalue weighted by molar-refractivity contribution is 7.71. The Kier molecular flexibility index (Phi) is 9.24. The third-order valence-corrected chi connectivity index (χ3v) is 5.43. The van der Waals surface area contributed by atoms with Gasteiger partial charge in [0.2, 0.25) is 5.91 Å². The first-order chi connectivity index (χ1) is 16.9. The van der Waals surface area contributed by atoms with Crippen LogP contribution >= 0.6 is 12.2 Å². The SMILES string of the molecule is CCNC(=O)COc1ccc(CNC(=O)CCn2c(-c3ccc(OC)cc3)n[nH]c2=S)cc1OC. The lowest BCUT2D eigenvalue weighted by Crippen LogP contribution is -2.28. The van der Waals surface area contributed by atoms with Gasteiger partial charge in [0.15, 0.2) is 28.7 Å². The zero-order valence-corrected chi connectivity index (χ0v) is 20.7. The van der Waals surface area contributed by atoms with Gasteiger partial charge in [-0.1, -0.05) is 6.07 Å². The van der Waals surface area contributed by atoms with Crippen molar-refractivity contribution in [3.8, 4) is 28.6 Å². The molecule has 0 bridgehead atoms. The van der Waals surface area contributed by atoms with Crippen molar-refractivity contribution in [3.05, 3.63) is 52.8 Å². The Bertz CT molecular complexity index is 1210. The predicted molar refractivity (Wildman–Crippen MR) is 133 cm³/mol. The van der Waals surface area contributed by atoms with Crippen molar-refractivity contribution >= 4 is 24.0 Å². The van der Waals surface area contributed by atoms with Crippen LogP contribution in [0.25, 0.3) is 11.4 Å². The van der Waals surface area contributed by atoms with E-state index in [1.807, 2.05) is 37.3 Å². The summed E-state index contributed by atoms with van der Waals surface area (Å²) in [7, 11) is 3.13. The molecule has 2 amide bonds. The molecule has 0 fully saturated rings. The van der Waals surface area contributed by atoms with Crippen molar-refractivity contribution in [1.29, 1.82) is 0 Å². The molecule has 0 atom stereocenters. The summed E-state index contributed by atoms with van der Waals surface area (Å²) in [4.78, 5) is 24.1. The van der Waals surface area contributed by atoms with E-state index in [0.29, 0.717) is 41.7 Å². The lowest BCUT2D eigenvalue weighted by atomic mass is 10.2. The van der Waals surface area contributed by atoms with Gasteiger partial charge >= 0.3 is 0 Å². The molecule has 1 aromatic heterocycles. The Labute approximate surface area is 208 Å². The number of H-pyrrole nitrogens is 1. The summed E-state index contributed by atoms with van der Waals surface area (Å²) in [5.41, 5.74) is 1.69. The number of amides is 2. The molecule has 2 aromatic carbocycles. The number of aromatic nitrogens is 3. The minimum Gasteiger partial charge on any atom is -0.497 e. The molecule has 0 saturated carbocycles. The van der Waals surface area contributed by atoms with E-state index < -0.39 is 0 Å². The van der Waals surface area contributed by atoms with Crippen LogP contribution in [0.4, 0.5) is 0 Å².